The fraction of sp³-hybridized carbons (Fsp3) is 0.381. The number of pyridine rings is 1. The maximum Gasteiger partial charge on any atom is 0.134 e. The van der Waals surface area contributed by atoms with Crippen LogP contribution < -0.4 is 16.0 Å². The van der Waals surface area contributed by atoms with Gasteiger partial charge in [-0.3, -0.25) is 9.98 Å². The smallest absolute Gasteiger partial charge is 0.134 e. The Bertz CT molecular complexity index is 927. The van der Waals surface area contributed by atoms with Crippen molar-refractivity contribution < 1.29 is 0 Å². The number of nitrogens with zero attached hydrogens (tertiary/aromatic N) is 4. The third-order valence-electron chi connectivity index (χ3n) is 4.70. The fourth-order valence-corrected chi connectivity index (χ4v) is 3.42. The number of hydrogen-bond donors (Lipinski definition) is 3. The first-order valence-corrected chi connectivity index (χ1v) is 10.8. The predicted octanol–water partition coefficient (Wildman–Crippen LogP) is 3.32. The number of benzene rings is 1. The lowest BCUT2D eigenvalue weighted by Crippen LogP contribution is -2.34. The molecule has 9 heteroatoms. The quantitative estimate of drug-likeness (QED) is 0.483. The SMILES string of the molecule is CCN1CC\N=C(NCCNc2ccnc3cc(Cl)ccc23)/C=C(Cl)\N=C\NCC1. The van der Waals surface area contributed by atoms with E-state index in [-0.39, 0.29) is 0 Å². The highest BCUT2D eigenvalue weighted by Crippen LogP contribution is 2.24. The molecule has 1 aromatic carbocycles. The molecule has 2 aromatic rings. The lowest BCUT2D eigenvalue weighted by molar-refractivity contribution is 0.301. The summed E-state index contributed by atoms with van der Waals surface area (Å²) < 4.78 is 0. The van der Waals surface area contributed by atoms with Crippen molar-refractivity contribution >= 4 is 52.0 Å². The van der Waals surface area contributed by atoms with Gasteiger partial charge in [0.05, 0.1) is 18.4 Å². The van der Waals surface area contributed by atoms with Crippen molar-refractivity contribution in [2.24, 2.45) is 9.98 Å². The molecular formula is C21H27Cl2N7. The second-order valence-corrected chi connectivity index (χ2v) is 7.58. The molecule has 0 unspecified atom stereocenters. The summed E-state index contributed by atoms with van der Waals surface area (Å²) in [6.07, 6.45) is 5.16. The normalized spacial score (nSPS) is 20.6. The van der Waals surface area contributed by atoms with Crippen LogP contribution in [0.25, 0.3) is 10.9 Å². The maximum absolute atomic E-state index is 6.21. The van der Waals surface area contributed by atoms with Crippen LogP contribution >= 0.6 is 23.2 Å². The van der Waals surface area contributed by atoms with Crippen LogP contribution in [0.4, 0.5) is 5.69 Å². The summed E-state index contributed by atoms with van der Waals surface area (Å²) in [6, 6.07) is 7.67. The van der Waals surface area contributed by atoms with Crippen molar-refractivity contribution in [1.29, 1.82) is 0 Å². The molecule has 1 aliphatic rings. The number of nitrogens with one attached hydrogen (secondary N) is 3. The lowest BCUT2D eigenvalue weighted by Gasteiger charge is -2.19. The summed E-state index contributed by atoms with van der Waals surface area (Å²) in [5, 5.41) is 12.0. The average molecular weight is 448 g/mol. The molecule has 30 heavy (non-hydrogen) atoms. The van der Waals surface area contributed by atoms with Crippen LogP contribution in [-0.4, -0.2) is 67.9 Å². The van der Waals surface area contributed by atoms with Crippen molar-refractivity contribution in [3.05, 3.63) is 46.7 Å². The van der Waals surface area contributed by atoms with Gasteiger partial charge >= 0.3 is 0 Å². The highest BCUT2D eigenvalue weighted by Gasteiger charge is 2.05. The van der Waals surface area contributed by atoms with E-state index in [1.165, 1.54) is 0 Å². The summed E-state index contributed by atoms with van der Waals surface area (Å²) in [4.78, 5) is 15.6. The van der Waals surface area contributed by atoms with Gasteiger partial charge in [0.2, 0.25) is 0 Å². The number of aliphatic imine (C=N–C) groups is 2. The monoisotopic (exact) mass is 447 g/mol. The van der Waals surface area contributed by atoms with E-state index in [4.69, 9.17) is 23.2 Å². The number of rotatable bonds is 5. The summed E-state index contributed by atoms with van der Waals surface area (Å²) in [5.74, 6) is 0.724. The predicted molar refractivity (Wildman–Crippen MR) is 128 cm³/mol. The zero-order chi connectivity index (χ0) is 21.2. The minimum Gasteiger partial charge on any atom is -0.383 e. The number of hydrogen-bond acceptors (Lipinski definition) is 7. The summed E-state index contributed by atoms with van der Waals surface area (Å²) in [6.45, 7) is 7.90. The Balaban J connectivity index is 1.60. The van der Waals surface area contributed by atoms with Gasteiger partial charge in [0.25, 0.3) is 0 Å². The van der Waals surface area contributed by atoms with E-state index < -0.39 is 0 Å². The highest BCUT2D eigenvalue weighted by atomic mass is 35.5. The van der Waals surface area contributed by atoms with Crippen LogP contribution in [0.1, 0.15) is 6.92 Å². The van der Waals surface area contributed by atoms with Crippen LogP contribution in [0.2, 0.25) is 5.02 Å². The average Bonchev–Trinajstić information content (AvgIpc) is 2.73. The van der Waals surface area contributed by atoms with Gasteiger partial charge in [0.1, 0.15) is 11.0 Å². The number of likely N-dealkylation sites (N-methyl/N-ethyl adjacent to an activating group) is 1. The third kappa shape index (κ3) is 6.86. The second kappa shape index (κ2) is 11.7. The number of halogens is 2. The van der Waals surface area contributed by atoms with E-state index in [2.05, 4.69) is 42.7 Å². The Morgan fingerprint density at radius 2 is 2.00 bits per heavy atom. The zero-order valence-electron chi connectivity index (χ0n) is 17.0. The van der Waals surface area contributed by atoms with Crippen molar-refractivity contribution in [3.8, 4) is 0 Å². The Hall–Kier alpha value is -2.35. The van der Waals surface area contributed by atoms with E-state index in [1.807, 2.05) is 24.3 Å². The van der Waals surface area contributed by atoms with E-state index in [0.29, 0.717) is 29.8 Å². The van der Waals surface area contributed by atoms with E-state index in [9.17, 15) is 0 Å². The Morgan fingerprint density at radius 3 is 2.87 bits per heavy atom. The first-order chi connectivity index (χ1) is 14.7. The molecule has 0 spiro atoms. The molecule has 1 aliphatic heterocycles. The molecule has 0 amide bonds. The van der Waals surface area contributed by atoms with Crippen molar-refractivity contribution in [1.82, 2.24) is 20.5 Å². The van der Waals surface area contributed by atoms with Crippen LogP contribution in [0.3, 0.4) is 0 Å². The van der Waals surface area contributed by atoms with Gasteiger partial charge in [-0.2, -0.15) is 0 Å². The number of amidine groups is 1. The second-order valence-electron chi connectivity index (χ2n) is 6.75. The first kappa shape index (κ1) is 22.3. The van der Waals surface area contributed by atoms with Crippen LogP contribution in [0.5, 0.6) is 0 Å². The largest absolute Gasteiger partial charge is 0.383 e. The van der Waals surface area contributed by atoms with Crippen molar-refractivity contribution in [2.75, 3.05) is 51.1 Å². The molecule has 1 aromatic heterocycles. The molecule has 160 valence electrons. The molecule has 7 nitrogen and oxygen atoms in total. The summed E-state index contributed by atoms with van der Waals surface area (Å²) >= 11 is 12.3. The first-order valence-electron chi connectivity index (χ1n) is 10.1. The minimum absolute atomic E-state index is 0.381. The van der Waals surface area contributed by atoms with Gasteiger partial charge in [-0.05, 0) is 30.8 Å². The highest BCUT2D eigenvalue weighted by molar-refractivity contribution is 6.31. The topological polar surface area (TPSA) is 76.9 Å². The van der Waals surface area contributed by atoms with Crippen LogP contribution in [0, 0.1) is 0 Å². The molecule has 0 fully saturated rings. The molecule has 2 heterocycles. The minimum atomic E-state index is 0.381. The number of fused-ring (bicyclic) bond motifs is 1. The van der Waals surface area contributed by atoms with Gasteiger partial charge in [-0.15, -0.1) is 0 Å². The Morgan fingerprint density at radius 1 is 1.13 bits per heavy atom. The fourth-order valence-electron chi connectivity index (χ4n) is 3.10. The van der Waals surface area contributed by atoms with Crippen LogP contribution in [-0.2, 0) is 0 Å². The molecule has 0 atom stereocenters. The van der Waals surface area contributed by atoms with E-state index in [0.717, 1.165) is 48.6 Å². The van der Waals surface area contributed by atoms with Gasteiger partial charge < -0.3 is 20.9 Å². The molecule has 3 rings (SSSR count). The van der Waals surface area contributed by atoms with E-state index >= 15 is 0 Å². The molecule has 3 N–H and O–H groups in total. The van der Waals surface area contributed by atoms with Gasteiger partial charge in [-0.25, -0.2) is 4.99 Å². The third-order valence-corrected chi connectivity index (χ3v) is 5.15. The lowest BCUT2D eigenvalue weighted by atomic mass is 10.2. The van der Waals surface area contributed by atoms with Crippen molar-refractivity contribution in [2.45, 2.75) is 6.92 Å². The van der Waals surface area contributed by atoms with Gasteiger partial charge in [0, 0.05) is 61.1 Å². The molecule has 0 saturated carbocycles. The molecule has 0 radical (unpaired) electrons. The molecule has 0 aliphatic carbocycles. The Labute approximate surface area is 187 Å². The van der Waals surface area contributed by atoms with Crippen LogP contribution in [0.15, 0.2) is 51.7 Å². The van der Waals surface area contributed by atoms with Gasteiger partial charge in [-0.1, -0.05) is 30.1 Å². The molecular weight excluding hydrogens is 421 g/mol. The summed E-state index contributed by atoms with van der Waals surface area (Å²) in [5.41, 5.74) is 1.88. The van der Waals surface area contributed by atoms with Gasteiger partial charge in [0.15, 0.2) is 0 Å². The summed E-state index contributed by atoms with van der Waals surface area (Å²) in [7, 11) is 0. The standard InChI is InChI=1S/C21H27Cl2N7/c1-2-30-11-9-24-15-29-20(23)14-21(28-10-12-30)27-8-7-26-18-5-6-25-19-13-16(22)3-4-17(18)19/h3-6,13-15H,2,7-12H2,1H3,(H,24,29)(H,25,26)(H,27,28)/b20-14-. The molecule has 0 saturated heterocycles. The zero-order valence-corrected chi connectivity index (χ0v) is 18.5. The Kier molecular flexibility index (Phi) is 8.74. The van der Waals surface area contributed by atoms with Crippen molar-refractivity contribution in [3.63, 3.8) is 0 Å². The molecule has 0 bridgehead atoms. The number of aromatic nitrogens is 1. The maximum atomic E-state index is 6.21. The van der Waals surface area contributed by atoms with E-state index in [1.54, 1.807) is 18.6 Å². The number of anilines is 1.